The number of nitrogens with zero attached hydrogens (tertiary/aromatic N) is 1. The molecule has 0 aliphatic heterocycles. The van der Waals surface area contributed by atoms with Crippen molar-refractivity contribution in [1.82, 2.24) is 4.31 Å². The van der Waals surface area contributed by atoms with Crippen molar-refractivity contribution in [2.75, 3.05) is 13.6 Å². The van der Waals surface area contributed by atoms with E-state index in [9.17, 15) is 8.42 Å². The maximum absolute atomic E-state index is 12.5. The van der Waals surface area contributed by atoms with Crippen molar-refractivity contribution in [2.24, 2.45) is 5.92 Å². The van der Waals surface area contributed by atoms with Gasteiger partial charge in [-0.15, -0.1) is 22.9 Å². The van der Waals surface area contributed by atoms with Gasteiger partial charge in [0.05, 0.1) is 5.88 Å². The van der Waals surface area contributed by atoms with Crippen LogP contribution in [0.3, 0.4) is 0 Å². The predicted octanol–water partition coefficient (Wildman–Crippen LogP) is 3.61. The van der Waals surface area contributed by atoms with E-state index in [2.05, 4.69) is 0 Å². The molecule has 2 rings (SSSR count). The first-order chi connectivity index (χ1) is 8.95. The van der Waals surface area contributed by atoms with Crippen LogP contribution in [-0.2, 0) is 15.9 Å². The quantitative estimate of drug-likeness (QED) is 0.777. The molecule has 0 unspecified atom stereocenters. The third-order valence-electron chi connectivity index (χ3n) is 3.77. The fraction of sp³-hybridized carbons (Fsp3) is 0.692. The Morgan fingerprint density at radius 3 is 2.58 bits per heavy atom. The summed E-state index contributed by atoms with van der Waals surface area (Å²) in [7, 11) is -1.66. The average molecular weight is 322 g/mol. The van der Waals surface area contributed by atoms with Crippen LogP contribution >= 0.6 is 22.9 Å². The van der Waals surface area contributed by atoms with Crippen LogP contribution in [0.5, 0.6) is 0 Å². The van der Waals surface area contributed by atoms with Crippen LogP contribution in [0, 0.1) is 12.8 Å². The molecule has 0 N–H and O–H groups in total. The van der Waals surface area contributed by atoms with Crippen LogP contribution in [-0.4, -0.2) is 26.3 Å². The fourth-order valence-electron chi connectivity index (χ4n) is 2.56. The van der Waals surface area contributed by atoms with Crippen molar-refractivity contribution in [3.8, 4) is 0 Å². The molecule has 0 aromatic carbocycles. The zero-order valence-electron chi connectivity index (χ0n) is 11.4. The van der Waals surface area contributed by atoms with E-state index < -0.39 is 10.0 Å². The second kappa shape index (κ2) is 6.12. The summed E-state index contributed by atoms with van der Waals surface area (Å²) in [6, 6.07) is 1.74. The van der Waals surface area contributed by atoms with E-state index in [0.717, 1.165) is 23.3 Å². The number of thiophene rings is 1. The fourth-order valence-corrected chi connectivity index (χ4v) is 5.83. The van der Waals surface area contributed by atoms with E-state index in [1.165, 1.54) is 28.5 Å². The SMILES string of the molecule is Cc1cc(S(=O)(=O)N(C)CC2CCCC2)sc1CCl. The Morgan fingerprint density at radius 2 is 2.05 bits per heavy atom. The third kappa shape index (κ3) is 3.32. The highest BCUT2D eigenvalue weighted by Gasteiger charge is 2.27. The van der Waals surface area contributed by atoms with Crippen LogP contribution < -0.4 is 0 Å². The number of alkyl halides is 1. The van der Waals surface area contributed by atoms with Crippen molar-refractivity contribution >= 4 is 33.0 Å². The van der Waals surface area contributed by atoms with Gasteiger partial charge in [0.15, 0.2) is 0 Å². The smallest absolute Gasteiger partial charge is 0.206 e. The van der Waals surface area contributed by atoms with Gasteiger partial charge in [0, 0.05) is 18.5 Å². The molecule has 1 aliphatic carbocycles. The first-order valence-electron chi connectivity index (χ1n) is 6.56. The normalized spacial score (nSPS) is 17.5. The molecule has 0 bridgehead atoms. The zero-order chi connectivity index (χ0) is 14.0. The maximum atomic E-state index is 12.5. The molecular weight excluding hydrogens is 302 g/mol. The summed E-state index contributed by atoms with van der Waals surface area (Å²) < 4.78 is 26.9. The number of rotatable bonds is 5. The topological polar surface area (TPSA) is 37.4 Å². The van der Waals surface area contributed by atoms with Gasteiger partial charge in [0.1, 0.15) is 4.21 Å². The molecule has 0 amide bonds. The molecule has 0 saturated heterocycles. The number of hydrogen-bond donors (Lipinski definition) is 0. The van der Waals surface area contributed by atoms with Gasteiger partial charge in [-0.05, 0) is 37.3 Å². The van der Waals surface area contributed by atoms with Crippen molar-refractivity contribution in [1.29, 1.82) is 0 Å². The first-order valence-corrected chi connectivity index (χ1v) is 9.36. The Balaban J connectivity index is 2.15. The minimum atomic E-state index is -3.35. The third-order valence-corrected chi connectivity index (χ3v) is 7.71. The number of halogens is 1. The van der Waals surface area contributed by atoms with E-state index in [-0.39, 0.29) is 0 Å². The Bertz CT molecular complexity index is 533. The van der Waals surface area contributed by atoms with E-state index in [0.29, 0.717) is 22.6 Å². The van der Waals surface area contributed by atoms with Crippen molar-refractivity contribution in [3.63, 3.8) is 0 Å². The summed E-state index contributed by atoms with van der Waals surface area (Å²) in [5.74, 6) is 0.895. The lowest BCUT2D eigenvalue weighted by Gasteiger charge is -2.19. The molecule has 1 aliphatic rings. The summed E-state index contributed by atoms with van der Waals surface area (Å²) in [6.45, 7) is 2.54. The predicted molar refractivity (Wildman–Crippen MR) is 80.4 cm³/mol. The molecule has 1 saturated carbocycles. The largest absolute Gasteiger partial charge is 0.252 e. The second-order valence-corrected chi connectivity index (χ2v) is 8.92. The van der Waals surface area contributed by atoms with Crippen LogP contribution in [0.4, 0.5) is 0 Å². The van der Waals surface area contributed by atoms with Gasteiger partial charge in [0.25, 0.3) is 10.0 Å². The van der Waals surface area contributed by atoms with Crippen LogP contribution in [0.1, 0.15) is 36.1 Å². The lowest BCUT2D eigenvalue weighted by atomic mass is 10.1. The maximum Gasteiger partial charge on any atom is 0.252 e. The molecule has 0 radical (unpaired) electrons. The monoisotopic (exact) mass is 321 g/mol. The summed E-state index contributed by atoms with van der Waals surface area (Å²) in [6.07, 6.45) is 4.76. The molecule has 1 aromatic heterocycles. The molecule has 1 aromatic rings. The lowest BCUT2D eigenvalue weighted by Crippen LogP contribution is -2.30. The van der Waals surface area contributed by atoms with E-state index in [1.54, 1.807) is 13.1 Å². The zero-order valence-corrected chi connectivity index (χ0v) is 13.7. The number of hydrogen-bond acceptors (Lipinski definition) is 3. The first kappa shape index (κ1) is 15.3. The molecule has 0 spiro atoms. The van der Waals surface area contributed by atoms with Crippen LogP contribution in [0.15, 0.2) is 10.3 Å². The highest BCUT2D eigenvalue weighted by atomic mass is 35.5. The molecule has 6 heteroatoms. The molecule has 108 valence electrons. The summed E-state index contributed by atoms with van der Waals surface area (Å²) >= 11 is 7.11. The highest BCUT2D eigenvalue weighted by Crippen LogP contribution is 2.31. The van der Waals surface area contributed by atoms with Gasteiger partial charge in [-0.1, -0.05) is 12.8 Å². The van der Waals surface area contributed by atoms with E-state index >= 15 is 0 Å². The van der Waals surface area contributed by atoms with E-state index in [4.69, 9.17) is 11.6 Å². The highest BCUT2D eigenvalue weighted by molar-refractivity contribution is 7.91. The Kier molecular flexibility index (Phi) is 4.93. The van der Waals surface area contributed by atoms with Gasteiger partial charge < -0.3 is 0 Å². The van der Waals surface area contributed by atoms with Crippen molar-refractivity contribution in [2.45, 2.75) is 42.7 Å². The van der Waals surface area contributed by atoms with E-state index in [1.807, 2.05) is 6.92 Å². The van der Waals surface area contributed by atoms with Gasteiger partial charge >= 0.3 is 0 Å². The molecule has 1 heterocycles. The summed E-state index contributed by atoms with van der Waals surface area (Å²) in [4.78, 5) is 0.939. The minimum absolute atomic E-state index is 0.373. The Morgan fingerprint density at radius 1 is 1.42 bits per heavy atom. The van der Waals surface area contributed by atoms with Gasteiger partial charge in [-0.3, -0.25) is 0 Å². The van der Waals surface area contributed by atoms with Gasteiger partial charge in [-0.2, -0.15) is 4.31 Å². The Hall–Kier alpha value is -0.100. The molecule has 0 atom stereocenters. The van der Waals surface area contributed by atoms with Crippen molar-refractivity contribution < 1.29 is 8.42 Å². The Labute approximate surface area is 124 Å². The standard InChI is InChI=1S/C13H20ClNO2S2/c1-10-7-13(18-12(10)8-14)19(16,17)15(2)9-11-5-3-4-6-11/h7,11H,3-6,8-9H2,1-2H3. The molecular formula is C13H20ClNO2S2. The summed E-state index contributed by atoms with van der Waals surface area (Å²) in [5, 5.41) is 0. The molecule has 1 fully saturated rings. The van der Waals surface area contributed by atoms with Crippen LogP contribution in [0.2, 0.25) is 0 Å². The second-order valence-electron chi connectivity index (χ2n) is 5.24. The van der Waals surface area contributed by atoms with Gasteiger partial charge in [0.2, 0.25) is 0 Å². The number of aryl methyl sites for hydroxylation is 1. The molecule has 3 nitrogen and oxygen atoms in total. The minimum Gasteiger partial charge on any atom is -0.206 e. The lowest BCUT2D eigenvalue weighted by molar-refractivity contribution is 0.388. The average Bonchev–Trinajstić information content (AvgIpc) is 2.98. The molecule has 19 heavy (non-hydrogen) atoms. The van der Waals surface area contributed by atoms with Crippen molar-refractivity contribution in [3.05, 3.63) is 16.5 Å². The number of sulfonamides is 1. The van der Waals surface area contributed by atoms with Crippen LogP contribution in [0.25, 0.3) is 0 Å². The van der Waals surface area contributed by atoms with Gasteiger partial charge in [-0.25, -0.2) is 8.42 Å². The summed E-state index contributed by atoms with van der Waals surface area (Å²) in [5.41, 5.74) is 0.966.